The van der Waals surface area contributed by atoms with Crippen LogP contribution in [0, 0.1) is 18.7 Å². The number of nitrogens with zero attached hydrogens (tertiary/aromatic N) is 4. The number of amides is 2. The summed E-state index contributed by atoms with van der Waals surface area (Å²) in [7, 11) is 0. The number of hydrogen-bond donors (Lipinski definition) is 4. The van der Waals surface area contributed by atoms with Gasteiger partial charge in [-0.1, -0.05) is 12.1 Å². The van der Waals surface area contributed by atoms with E-state index in [1.807, 2.05) is 13.0 Å². The summed E-state index contributed by atoms with van der Waals surface area (Å²) >= 11 is 0. The summed E-state index contributed by atoms with van der Waals surface area (Å²) < 4.78 is 16.9. The largest absolute Gasteiger partial charge is 0.383 e. The summed E-state index contributed by atoms with van der Waals surface area (Å²) in [5, 5.41) is 5.22. The average molecular weight is 559 g/mol. The number of hydrogen-bond acceptors (Lipinski definition) is 8. The maximum atomic E-state index is 14.2. The second-order valence-corrected chi connectivity index (χ2v) is 10.0. The van der Waals surface area contributed by atoms with E-state index in [1.165, 1.54) is 51.9 Å². The van der Waals surface area contributed by atoms with Crippen molar-refractivity contribution in [3.05, 3.63) is 104 Å². The first-order valence-electron chi connectivity index (χ1n) is 12.6. The van der Waals surface area contributed by atoms with Crippen LogP contribution in [0.2, 0.25) is 0 Å². The molecule has 1 aliphatic carbocycles. The monoisotopic (exact) mass is 558 g/mol. The third-order valence-corrected chi connectivity index (χ3v) is 7.46. The van der Waals surface area contributed by atoms with Crippen molar-refractivity contribution in [3.8, 4) is 5.69 Å². The average Bonchev–Trinajstić information content (AvgIpc) is 3.55. The molecule has 2 aromatic heterocycles. The summed E-state index contributed by atoms with van der Waals surface area (Å²) in [5.41, 5.74) is 11.8. The van der Waals surface area contributed by atoms with E-state index in [2.05, 4.69) is 20.6 Å². The van der Waals surface area contributed by atoms with Crippen LogP contribution in [0.15, 0.2) is 70.5 Å². The predicted molar refractivity (Wildman–Crippen MR) is 150 cm³/mol. The smallest absolute Gasteiger partial charge is 0.354 e. The van der Waals surface area contributed by atoms with Gasteiger partial charge in [0.25, 0.3) is 0 Å². The second kappa shape index (κ2) is 10.3. The van der Waals surface area contributed by atoms with Crippen LogP contribution in [0.25, 0.3) is 5.69 Å². The number of nitrogens with one attached hydrogen (secondary N) is 2. The van der Waals surface area contributed by atoms with Crippen molar-refractivity contribution in [3.63, 3.8) is 0 Å². The van der Waals surface area contributed by atoms with Crippen molar-refractivity contribution in [2.75, 3.05) is 16.8 Å². The Morgan fingerprint density at radius 3 is 2.41 bits per heavy atom. The highest BCUT2D eigenvalue weighted by Gasteiger charge is 2.67. The Kier molecular flexibility index (Phi) is 6.87. The van der Waals surface area contributed by atoms with Gasteiger partial charge in [-0.2, -0.15) is 9.97 Å². The van der Waals surface area contributed by atoms with Gasteiger partial charge in [0.1, 0.15) is 17.5 Å². The number of carbonyl (C=O) groups is 2. The standard InChI is InChI=1S/C28H27FN8O4/c1-15-11-16(3-6-20(15)36-9-7-21(30)34-26(36)40)23-24(28(23,2)37-10-8-22(31)35-27(37)41)25(39)33-18-4-5-19(29)17(12-18)13-32-14-38/h3-12,14,23-24H,13H2,1-2H3,(H,32,38)(H,33,39)(H2,30,34,40)(H2,31,35,41)/t23-,24+,28?/m0/s1. The van der Waals surface area contributed by atoms with Gasteiger partial charge in [0.2, 0.25) is 12.3 Å². The zero-order chi connectivity index (χ0) is 29.5. The maximum absolute atomic E-state index is 14.2. The molecular weight excluding hydrogens is 531 g/mol. The molecule has 4 aromatic rings. The van der Waals surface area contributed by atoms with Gasteiger partial charge in [-0.25, -0.2) is 14.0 Å². The molecule has 2 aromatic carbocycles. The van der Waals surface area contributed by atoms with E-state index in [1.54, 1.807) is 19.1 Å². The Morgan fingerprint density at radius 1 is 1.05 bits per heavy atom. The summed E-state index contributed by atoms with van der Waals surface area (Å²) in [6.45, 7) is 3.55. The number of aromatic nitrogens is 4. The van der Waals surface area contributed by atoms with Crippen molar-refractivity contribution < 1.29 is 14.0 Å². The van der Waals surface area contributed by atoms with Crippen LogP contribution in [-0.2, 0) is 21.7 Å². The molecule has 0 spiro atoms. The van der Waals surface area contributed by atoms with Crippen LogP contribution in [0.4, 0.5) is 21.7 Å². The number of nitrogen functional groups attached to an aromatic ring is 2. The van der Waals surface area contributed by atoms with Crippen LogP contribution in [0.1, 0.15) is 29.5 Å². The van der Waals surface area contributed by atoms with E-state index < -0.39 is 40.5 Å². The highest BCUT2D eigenvalue weighted by Crippen LogP contribution is 2.62. The van der Waals surface area contributed by atoms with Gasteiger partial charge in [0, 0.05) is 36.1 Å². The molecule has 6 N–H and O–H groups in total. The predicted octanol–water partition coefficient (Wildman–Crippen LogP) is 1.41. The summed E-state index contributed by atoms with van der Waals surface area (Å²) in [5.74, 6) is -1.95. The minimum absolute atomic E-state index is 0.0481. The molecule has 41 heavy (non-hydrogen) atoms. The first-order chi connectivity index (χ1) is 19.5. The lowest BCUT2D eigenvalue weighted by molar-refractivity contribution is -0.118. The Balaban J connectivity index is 1.52. The molecule has 2 amide bonds. The lowest BCUT2D eigenvalue weighted by Gasteiger charge is -2.17. The number of nitrogens with two attached hydrogens (primary N) is 2. The minimum atomic E-state index is -1.02. The first kappa shape index (κ1) is 27.2. The number of carbonyl (C=O) groups excluding carboxylic acids is 2. The molecule has 0 bridgehead atoms. The van der Waals surface area contributed by atoms with Crippen LogP contribution in [0.5, 0.6) is 0 Å². The fourth-order valence-corrected chi connectivity index (χ4v) is 5.43. The zero-order valence-corrected chi connectivity index (χ0v) is 22.2. The lowest BCUT2D eigenvalue weighted by atomic mass is 10.0. The molecule has 210 valence electrons. The van der Waals surface area contributed by atoms with Crippen molar-refractivity contribution in [2.45, 2.75) is 31.8 Å². The topological polar surface area (TPSA) is 180 Å². The molecule has 1 aliphatic rings. The third-order valence-electron chi connectivity index (χ3n) is 7.46. The Hall–Kier alpha value is -5.33. The Bertz CT molecular complexity index is 1800. The van der Waals surface area contributed by atoms with Crippen molar-refractivity contribution >= 4 is 29.6 Å². The van der Waals surface area contributed by atoms with Crippen molar-refractivity contribution in [2.24, 2.45) is 5.92 Å². The van der Waals surface area contributed by atoms with E-state index in [0.29, 0.717) is 17.8 Å². The Morgan fingerprint density at radius 2 is 1.76 bits per heavy atom. The van der Waals surface area contributed by atoms with E-state index in [4.69, 9.17) is 11.5 Å². The van der Waals surface area contributed by atoms with E-state index in [0.717, 1.165) is 11.1 Å². The summed E-state index contributed by atoms with van der Waals surface area (Å²) in [6, 6.07) is 12.4. The second-order valence-electron chi connectivity index (χ2n) is 10.0. The van der Waals surface area contributed by atoms with Gasteiger partial charge in [-0.3, -0.25) is 18.7 Å². The van der Waals surface area contributed by atoms with Gasteiger partial charge >= 0.3 is 11.4 Å². The van der Waals surface area contributed by atoms with Crippen molar-refractivity contribution in [1.82, 2.24) is 24.4 Å². The number of rotatable bonds is 8. The van der Waals surface area contributed by atoms with Crippen LogP contribution >= 0.6 is 0 Å². The molecule has 1 saturated carbocycles. The molecular formula is C28H27FN8O4. The van der Waals surface area contributed by atoms with Crippen LogP contribution in [-0.4, -0.2) is 31.4 Å². The Labute approximate surface area is 232 Å². The lowest BCUT2D eigenvalue weighted by Crippen LogP contribution is -2.34. The molecule has 2 heterocycles. The van der Waals surface area contributed by atoms with Gasteiger partial charge in [0.15, 0.2) is 0 Å². The van der Waals surface area contributed by atoms with E-state index >= 15 is 0 Å². The highest BCUT2D eigenvalue weighted by molar-refractivity contribution is 5.97. The molecule has 1 fully saturated rings. The highest BCUT2D eigenvalue weighted by atomic mass is 19.1. The fraction of sp³-hybridized carbons (Fsp3) is 0.214. The molecule has 0 saturated heterocycles. The van der Waals surface area contributed by atoms with E-state index in [-0.39, 0.29) is 23.7 Å². The first-order valence-corrected chi connectivity index (χ1v) is 12.6. The number of aryl methyl sites for hydroxylation is 1. The van der Waals surface area contributed by atoms with Gasteiger partial charge in [0.05, 0.1) is 17.1 Å². The summed E-state index contributed by atoms with van der Waals surface area (Å²) in [6.07, 6.45) is 3.49. The number of benzene rings is 2. The number of anilines is 3. The molecule has 3 atom stereocenters. The molecule has 0 aliphatic heterocycles. The fourth-order valence-electron chi connectivity index (χ4n) is 5.43. The molecule has 1 unspecified atom stereocenters. The zero-order valence-electron chi connectivity index (χ0n) is 22.2. The summed E-state index contributed by atoms with van der Waals surface area (Å²) in [4.78, 5) is 57.3. The van der Waals surface area contributed by atoms with Gasteiger partial charge < -0.3 is 22.1 Å². The van der Waals surface area contributed by atoms with Gasteiger partial charge in [-0.05, 0) is 61.4 Å². The molecule has 12 nitrogen and oxygen atoms in total. The minimum Gasteiger partial charge on any atom is -0.383 e. The SMILES string of the molecule is Cc1cc([C@H]2[C@H](C(=O)Nc3ccc(F)c(CNC=O)c3)C2(C)n2ccc(N)nc2=O)ccc1-n1ccc(N)nc1=O. The molecule has 0 radical (unpaired) electrons. The van der Waals surface area contributed by atoms with Gasteiger partial charge in [-0.15, -0.1) is 0 Å². The van der Waals surface area contributed by atoms with Crippen LogP contribution in [0.3, 0.4) is 0 Å². The quantitative estimate of drug-likeness (QED) is 0.234. The number of halogens is 1. The normalized spacial score (nSPS) is 19.4. The van der Waals surface area contributed by atoms with Crippen LogP contribution < -0.4 is 33.5 Å². The van der Waals surface area contributed by atoms with Crippen molar-refractivity contribution in [1.29, 1.82) is 0 Å². The molecule has 5 rings (SSSR count). The maximum Gasteiger partial charge on any atom is 0.354 e. The molecule has 13 heteroatoms. The third kappa shape index (κ3) is 4.93. The van der Waals surface area contributed by atoms with E-state index in [9.17, 15) is 23.6 Å².